The predicted molar refractivity (Wildman–Crippen MR) is 49.0 cm³/mol. The van der Waals surface area contributed by atoms with Crippen molar-refractivity contribution >= 4 is 19.7 Å². The van der Waals surface area contributed by atoms with Crippen LogP contribution in [0.1, 0.15) is 32.6 Å². The van der Waals surface area contributed by atoms with Gasteiger partial charge in [-0.25, -0.2) is 17.2 Å². The minimum absolute atomic E-state index is 0.00116. The quantitative estimate of drug-likeness (QED) is 0.715. The summed E-state index contributed by atoms with van der Waals surface area (Å²) < 4.78 is 47.0. The maximum Gasteiger partial charge on any atom is 0.254 e. The Bertz CT molecular complexity index is 375. The fourth-order valence-electron chi connectivity index (χ4n) is 1.99. The van der Waals surface area contributed by atoms with E-state index in [-0.39, 0.29) is 12.8 Å². The lowest BCUT2D eigenvalue weighted by Crippen LogP contribution is -2.24. The maximum atomic E-state index is 12.9. The van der Waals surface area contributed by atoms with Crippen LogP contribution in [-0.4, -0.2) is 19.1 Å². The third kappa shape index (κ3) is 1.36. The number of hydrogen-bond donors (Lipinski definition) is 0. The molecule has 0 amide bonds. The molecule has 0 spiro atoms. The minimum Gasteiger partial charge on any atom is -0.212 e. The zero-order chi connectivity index (χ0) is 10.8. The first-order valence-electron chi connectivity index (χ1n) is 4.44. The molecular formula is C8H11ClF2O2S. The molecule has 0 aromatic carbocycles. The molecule has 2 aliphatic carbocycles. The van der Waals surface area contributed by atoms with Crippen molar-refractivity contribution in [2.75, 3.05) is 0 Å². The van der Waals surface area contributed by atoms with Gasteiger partial charge >= 0.3 is 0 Å². The Morgan fingerprint density at radius 1 is 1.36 bits per heavy atom. The van der Waals surface area contributed by atoms with Crippen molar-refractivity contribution in [3.8, 4) is 0 Å². The Balaban J connectivity index is 2.15. The Hall–Kier alpha value is 0.1000. The molecule has 6 heteroatoms. The van der Waals surface area contributed by atoms with Crippen molar-refractivity contribution < 1.29 is 17.2 Å². The van der Waals surface area contributed by atoms with Gasteiger partial charge in [-0.15, -0.1) is 0 Å². The summed E-state index contributed by atoms with van der Waals surface area (Å²) in [5.74, 6) is -2.70. The summed E-state index contributed by atoms with van der Waals surface area (Å²) in [4.78, 5) is 0. The van der Waals surface area contributed by atoms with E-state index in [0.717, 1.165) is 0 Å². The van der Waals surface area contributed by atoms with Crippen LogP contribution in [0.5, 0.6) is 0 Å². The van der Waals surface area contributed by atoms with Crippen LogP contribution in [0.25, 0.3) is 0 Å². The Morgan fingerprint density at radius 2 is 1.79 bits per heavy atom. The van der Waals surface area contributed by atoms with Crippen molar-refractivity contribution in [2.45, 2.75) is 43.3 Å². The molecule has 0 bridgehead atoms. The smallest absolute Gasteiger partial charge is 0.212 e. The largest absolute Gasteiger partial charge is 0.254 e. The highest BCUT2D eigenvalue weighted by atomic mass is 35.7. The van der Waals surface area contributed by atoms with Gasteiger partial charge < -0.3 is 0 Å². The summed E-state index contributed by atoms with van der Waals surface area (Å²) in [6, 6.07) is 0. The highest BCUT2D eigenvalue weighted by Crippen LogP contribution is 2.68. The summed E-state index contributed by atoms with van der Waals surface area (Å²) in [6.07, 6.45) is 0.627. The molecule has 2 fully saturated rings. The average molecular weight is 245 g/mol. The van der Waals surface area contributed by atoms with Gasteiger partial charge in [-0.3, -0.25) is 0 Å². The summed E-state index contributed by atoms with van der Waals surface area (Å²) >= 11 is 0. The SMILES string of the molecule is CC1(CC2(S(=O)(=O)Cl)CC2)CC1(F)F. The summed E-state index contributed by atoms with van der Waals surface area (Å²) in [5, 5.41) is 0. The summed E-state index contributed by atoms with van der Waals surface area (Å²) in [5.41, 5.74) is -1.15. The summed E-state index contributed by atoms with van der Waals surface area (Å²) in [7, 11) is 1.55. The van der Waals surface area contributed by atoms with Crippen molar-refractivity contribution in [1.29, 1.82) is 0 Å². The van der Waals surface area contributed by atoms with Gasteiger partial charge in [0.15, 0.2) is 0 Å². The Labute approximate surface area is 86.0 Å². The van der Waals surface area contributed by atoms with Crippen LogP contribution in [-0.2, 0) is 9.05 Å². The van der Waals surface area contributed by atoms with Crippen LogP contribution >= 0.6 is 10.7 Å². The second kappa shape index (κ2) is 2.43. The van der Waals surface area contributed by atoms with Crippen molar-refractivity contribution in [3.05, 3.63) is 0 Å². The van der Waals surface area contributed by atoms with Gasteiger partial charge in [0.2, 0.25) is 9.05 Å². The molecule has 1 unspecified atom stereocenters. The lowest BCUT2D eigenvalue weighted by atomic mass is 10.0. The van der Waals surface area contributed by atoms with Gasteiger partial charge in [-0.05, 0) is 19.3 Å². The van der Waals surface area contributed by atoms with Gasteiger partial charge in [-0.1, -0.05) is 6.92 Å². The van der Waals surface area contributed by atoms with E-state index in [1.165, 1.54) is 6.92 Å². The Morgan fingerprint density at radius 3 is 2.00 bits per heavy atom. The molecule has 0 heterocycles. The van der Waals surface area contributed by atoms with E-state index >= 15 is 0 Å². The standard InChI is InChI=1S/C8H11ClF2O2S/c1-6(5-8(6,10)11)4-7(2-3-7)14(9,12)13/h2-5H2,1H3. The number of halogens is 3. The second-order valence-corrected chi connectivity index (χ2v) is 7.70. The molecule has 2 aliphatic rings. The monoisotopic (exact) mass is 244 g/mol. The fraction of sp³-hybridized carbons (Fsp3) is 1.00. The molecule has 0 aliphatic heterocycles. The zero-order valence-electron chi connectivity index (χ0n) is 7.69. The zero-order valence-corrected chi connectivity index (χ0v) is 9.26. The van der Waals surface area contributed by atoms with Gasteiger partial charge in [0.1, 0.15) is 0 Å². The maximum absolute atomic E-state index is 12.9. The van der Waals surface area contributed by atoms with E-state index < -0.39 is 25.1 Å². The van der Waals surface area contributed by atoms with Gasteiger partial charge in [-0.2, -0.15) is 0 Å². The van der Waals surface area contributed by atoms with Crippen LogP contribution in [0.2, 0.25) is 0 Å². The minimum atomic E-state index is -3.70. The summed E-state index contributed by atoms with van der Waals surface area (Å²) in [6.45, 7) is 1.43. The lowest BCUT2D eigenvalue weighted by Gasteiger charge is -2.16. The van der Waals surface area contributed by atoms with E-state index in [4.69, 9.17) is 10.7 Å². The molecular weight excluding hydrogens is 234 g/mol. The number of hydrogen-bond acceptors (Lipinski definition) is 2. The normalized spacial score (nSPS) is 38.0. The molecule has 0 aromatic heterocycles. The van der Waals surface area contributed by atoms with E-state index in [0.29, 0.717) is 12.8 Å². The van der Waals surface area contributed by atoms with Crippen molar-refractivity contribution in [2.24, 2.45) is 5.41 Å². The van der Waals surface area contributed by atoms with Gasteiger partial charge in [0, 0.05) is 22.5 Å². The molecule has 1 atom stereocenters. The first kappa shape index (κ1) is 10.6. The fourth-order valence-corrected chi connectivity index (χ4v) is 3.70. The van der Waals surface area contributed by atoms with Crippen LogP contribution in [0, 0.1) is 5.41 Å². The predicted octanol–water partition coefficient (Wildman–Crippen LogP) is 2.52. The lowest BCUT2D eigenvalue weighted by molar-refractivity contribution is 0.0659. The first-order valence-corrected chi connectivity index (χ1v) is 6.75. The Kier molecular flexibility index (Phi) is 1.84. The van der Waals surface area contributed by atoms with Crippen molar-refractivity contribution in [1.82, 2.24) is 0 Å². The van der Waals surface area contributed by atoms with E-state index in [9.17, 15) is 17.2 Å². The highest BCUT2D eigenvalue weighted by Gasteiger charge is 2.72. The molecule has 14 heavy (non-hydrogen) atoms. The highest BCUT2D eigenvalue weighted by molar-refractivity contribution is 8.15. The molecule has 82 valence electrons. The van der Waals surface area contributed by atoms with Crippen LogP contribution in [0.4, 0.5) is 8.78 Å². The van der Waals surface area contributed by atoms with E-state index in [1.54, 1.807) is 0 Å². The molecule has 2 saturated carbocycles. The third-order valence-electron chi connectivity index (χ3n) is 3.41. The van der Waals surface area contributed by atoms with E-state index in [2.05, 4.69) is 0 Å². The average Bonchev–Trinajstić information content (AvgIpc) is 2.73. The topological polar surface area (TPSA) is 34.1 Å². The first-order chi connectivity index (χ1) is 6.12. The molecule has 0 saturated heterocycles. The molecule has 0 aromatic rings. The second-order valence-electron chi connectivity index (χ2n) is 4.74. The molecule has 0 N–H and O–H groups in total. The van der Waals surface area contributed by atoms with Crippen LogP contribution in [0.3, 0.4) is 0 Å². The molecule has 0 radical (unpaired) electrons. The number of alkyl halides is 2. The van der Waals surface area contributed by atoms with Gasteiger partial charge in [0.05, 0.1) is 4.75 Å². The molecule has 2 rings (SSSR count). The van der Waals surface area contributed by atoms with Crippen molar-refractivity contribution in [3.63, 3.8) is 0 Å². The third-order valence-corrected chi connectivity index (χ3v) is 5.98. The van der Waals surface area contributed by atoms with E-state index in [1.807, 2.05) is 0 Å². The van der Waals surface area contributed by atoms with Crippen LogP contribution < -0.4 is 0 Å². The van der Waals surface area contributed by atoms with Gasteiger partial charge in [0.25, 0.3) is 5.92 Å². The number of rotatable bonds is 3. The van der Waals surface area contributed by atoms with Crippen LogP contribution in [0.15, 0.2) is 0 Å². The molecule has 2 nitrogen and oxygen atoms in total.